The van der Waals surface area contributed by atoms with E-state index in [1.54, 1.807) is 11.3 Å². The second-order valence-corrected chi connectivity index (χ2v) is 6.22. The van der Waals surface area contributed by atoms with E-state index in [0.717, 1.165) is 17.6 Å². The molecule has 1 aliphatic rings. The molecule has 1 fully saturated rings. The molecule has 0 bridgehead atoms. The van der Waals surface area contributed by atoms with Crippen LogP contribution in [0.2, 0.25) is 5.02 Å². The Morgan fingerprint density at radius 1 is 1.33 bits per heavy atom. The first-order chi connectivity index (χ1) is 8.74. The summed E-state index contributed by atoms with van der Waals surface area (Å²) in [5.41, 5.74) is 3.74. The van der Waals surface area contributed by atoms with Gasteiger partial charge in [0.05, 0.1) is 0 Å². The first kappa shape index (κ1) is 12.2. The largest absolute Gasteiger partial charge is 0.310 e. The molecule has 1 aromatic heterocycles. The molecule has 0 saturated heterocycles. The van der Waals surface area contributed by atoms with Crippen molar-refractivity contribution in [2.75, 3.05) is 0 Å². The fourth-order valence-electron chi connectivity index (χ4n) is 2.04. The van der Waals surface area contributed by atoms with Gasteiger partial charge in [0.15, 0.2) is 0 Å². The normalized spacial score (nSPS) is 15.0. The number of halogens is 1. The molecule has 1 nitrogen and oxygen atoms in total. The number of hydrogen-bond acceptors (Lipinski definition) is 2. The molecule has 3 rings (SSSR count). The van der Waals surface area contributed by atoms with Gasteiger partial charge in [-0.3, -0.25) is 0 Å². The Morgan fingerprint density at radius 3 is 2.78 bits per heavy atom. The van der Waals surface area contributed by atoms with E-state index in [2.05, 4.69) is 41.9 Å². The Labute approximate surface area is 117 Å². The SMILES string of the molecule is Cc1ccsc1-c1ccc(CNC2CC2)c(Cl)c1. The van der Waals surface area contributed by atoms with Gasteiger partial charge in [0.2, 0.25) is 0 Å². The molecule has 1 N–H and O–H groups in total. The highest BCUT2D eigenvalue weighted by atomic mass is 35.5. The number of aryl methyl sites for hydroxylation is 1. The summed E-state index contributed by atoms with van der Waals surface area (Å²) in [5, 5.41) is 6.49. The predicted octanol–water partition coefficient (Wildman–Crippen LogP) is 4.63. The van der Waals surface area contributed by atoms with Gasteiger partial charge in [-0.05, 0) is 54.0 Å². The monoisotopic (exact) mass is 277 g/mol. The van der Waals surface area contributed by atoms with Gasteiger partial charge in [0.25, 0.3) is 0 Å². The van der Waals surface area contributed by atoms with Crippen LogP contribution in [0.5, 0.6) is 0 Å². The second-order valence-electron chi connectivity index (χ2n) is 4.89. The van der Waals surface area contributed by atoms with Crippen molar-refractivity contribution in [1.82, 2.24) is 5.32 Å². The summed E-state index contributed by atoms with van der Waals surface area (Å²) >= 11 is 8.14. The van der Waals surface area contributed by atoms with Crippen LogP contribution in [0.4, 0.5) is 0 Å². The topological polar surface area (TPSA) is 12.0 Å². The molecular weight excluding hydrogens is 262 g/mol. The fraction of sp³-hybridized carbons (Fsp3) is 0.333. The summed E-state index contributed by atoms with van der Waals surface area (Å²) in [6.07, 6.45) is 2.62. The zero-order valence-corrected chi connectivity index (χ0v) is 11.9. The van der Waals surface area contributed by atoms with Crippen LogP contribution in [0.1, 0.15) is 24.0 Å². The van der Waals surface area contributed by atoms with E-state index >= 15 is 0 Å². The van der Waals surface area contributed by atoms with Crippen LogP contribution in [0.15, 0.2) is 29.6 Å². The highest BCUT2D eigenvalue weighted by Crippen LogP contribution is 2.32. The molecule has 1 aliphatic carbocycles. The molecule has 0 amide bonds. The van der Waals surface area contributed by atoms with Crippen molar-refractivity contribution in [1.29, 1.82) is 0 Å². The van der Waals surface area contributed by atoms with Gasteiger partial charge in [-0.1, -0.05) is 23.7 Å². The summed E-state index contributed by atoms with van der Waals surface area (Å²) in [4.78, 5) is 1.32. The fourth-order valence-corrected chi connectivity index (χ4v) is 3.21. The molecule has 3 heteroatoms. The molecule has 1 heterocycles. The van der Waals surface area contributed by atoms with Crippen LogP contribution < -0.4 is 5.32 Å². The van der Waals surface area contributed by atoms with Crippen LogP contribution in [0, 0.1) is 6.92 Å². The molecule has 0 aliphatic heterocycles. The number of rotatable bonds is 4. The maximum atomic E-state index is 6.37. The van der Waals surface area contributed by atoms with Crippen LogP contribution in [-0.4, -0.2) is 6.04 Å². The lowest BCUT2D eigenvalue weighted by atomic mass is 10.1. The lowest BCUT2D eigenvalue weighted by molar-refractivity contribution is 0.688. The van der Waals surface area contributed by atoms with Crippen LogP contribution in [-0.2, 0) is 6.54 Å². The minimum absolute atomic E-state index is 0.722. The predicted molar refractivity (Wildman–Crippen MR) is 79.4 cm³/mol. The summed E-state index contributed by atoms with van der Waals surface area (Å²) in [7, 11) is 0. The van der Waals surface area contributed by atoms with E-state index in [-0.39, 0.29) is 0 Å². The quantitative estimate of drug-likeness (QED) is 0.859. The third-order valence-electron chi connectivity index (χ3n) is 3.34. The number of nitrogens with one attached hydrogen (secondary N) is 1. The van der Waals surface area contributed by atoms with Gasteiger partial charge in [0.1, 0.15) is 0 Å². The summed E-state index contributed by atoms with van der Waals surface area (Å²) in [6.45, 7) is 3.02. The third kappa shape index (κ3) is 2.61. The Balaban J connectivity index is 1.81. The molecule has 94 valence electrons. The van der Waals surface area contributed by atoms with E-state index < -0.39 is 0 Å². The van der Waals surface area contributed by atoms with Gasteiger partial charge >= 0.3 is 0 Å². The molecule has 1 aromatic carbocycles. The molecule has 2 aromatic rings. The van der Waals surface area contributed by atoms with Crippen molar-refractivity contribution in [2.45, 2.75) is 32.4 Å². The van der Waals surface area contributed by atoms with Crippen molar-refractivity contribution in [3.63, 3.8) is 0 Å². The summed E-state index contributed by atoms with van der Waals surface area (Å²) in [5.74, 6) is 0. The third-order valence-corrected chi connectivity index (χ3v) is 4.75. The highest BCUT2D eigenvalue weighted by molar-refractivity contribution is 7.13. The minimum atomic E-state index is 0.722. The standard InChI is InChI=1S/C15H16ClNS/c1-10-6-7-18-15(10)11-2-3-12(14(16)8-11)9-17-13-4-5-13/h2-3,6-8,13,17H,4-5,9H2,1H3. The van der Waals surface area contributed by atoms with Gasteiger partial charge in [-0.25, -0.2) is 0 Å². The van der Waals surface area contributed by atoms with Crippen molar-refractivity contribution in [3.8, 4) is 10.4 Å². The zero-order chi connectivity index (χ0) is 12.5. The number of thiophene rings is 1. The lowest BCUT2D eigenvalue weighted by Crippen LogP contribution is -2.15. The molecule has 0 unspecified atom stereocenters. The molecule has 0 spiro atoms. The van der Waals surface area contributed by atoms with Gasteiger partial charge in [0, 0.05) is 22.5 Å². The maximum Gasteiger partial charge on any atom is 0.0457 e. The minimum Gasteiger partial charge on any atom is -0.310 e. The Morgan fingerprint density at radius 2 is 2.17 bits per heavy atom. The van der Waals surface area contributed by atoms with E-state index in [9.17, 15) is 0 Å². The second kappa shape index (κ2) is 5.04. The van der Waals surface area contributed by atoms with Gasteiger partial charge in [-0.15, -0.1) is 11.3 Å². The van der Waals surface area contributed by atoms with Crippen molar-refractivity contribution in [2.24, 2.45) is 0 Å². The molecule has 0 radical (unpaired) electrons. The molecule has 1 saturated carbocycles. The average molecular weight is 278 g/mol. The van der Waals surface area contributed by atoms with E-state index in [1.807, 2.05) is 0 Å². The summed E-state index contributed by atoms with van der Waals surface area (Å²) < 4.78 is 0. The van der Waals surface area contributed by atoms with E-state index in [1.165, 1.54) is 34.4 Å². The smallest absolute Gasteiger partial charge is 0.0457 e. The molecule has 0 atom stereocenters. The van der Waals surface area contributed by atoms with Crippen LogP contribution in [0.3, 0.4) is 0 Å². The first-order valence-electron chi connectivity index (χ1n) is 6.30. The Kier molecular flexibility index (Phi) is 3.42. The van der Waals surface area contributed by atoms with Crippen LogP contribution in [0.25, 0.3) is 10.4 Å². The van der Waals surface area contributed by atoms with E-state index in [0.29, 0.717) is 0 Å². The summed E-state index contributed by atoms with van der Waals surface area (Å²) in [6, 6.07) is 9.28. The molecule has 18 heavy (non-hydrogen) atoms. The number of hydrogen-bond donors (Lipinski definition) is 1. The van der Waals surface area contributed by atoms with E-state index in [4.69, 9.17) is 11.6 Å². The van der Waals surface area contributed by atoms with Gasteiger partial charge < -0.3 is 5.32 Å². The number of benzene rings is 1. The maximum absolute atomic E-state index is 6.37. The van der Waals surface area contributed by atoms with Crippen molar-refractivity contribution < 1.29 is 0 Å². The average Bonchev–Trinajstić information content (AvgIpc) is 3.09. The lowest BCUT2D eigenvalue weighted by Gasteiger charge is -2.08. The Bertz CT molecular complexity index is 557. The molecular formula is C15H16ClNS. The van der Waals surface area contributed by atoms with Crippen molar-refractivity contribution >= 4 is 22.9 Å². The highest BCUT2D eigenvalue weighted by Gasteiger charge is 2.20. The first-order valence-corrected chi connectivity index (χ1v) is 7.56. The van der Waals surface area contributed by atoms with Crippen LogP contribution >= 0.6 is 22.9 Å². The van der Waals surface area contributed by atoms with Crippen molar-refractivity contribution in [3.05, 3.63) is 45.8 Å². The zero-order valence-electron chi connectivity index (χ0n) is 10.4. The van der Waals surface area contributed by atoms with Gasteiger partial charge in [-0.2, -0.15) is 0 Å². The Hall–Kier alpha value is -0.830.